The number of hydrogen-bond acceptors (Lipinski definition) is 2. The minimum atomic E-state index is 0.104. The van der Waals surface area contributed by atoms with Crippen molar-refractivity contribution in [1.29, 1.82) is 0 Å². The second-order valence-electron chi connectivity index (χ2n) is 4.74. The van der Waals surface area contributed by atoms with Crippen LogP contribution in [0.2, 0.25) is 5.02 Å². The topological polar surface area (TPSA) is 21.3 Å². The van der Waals surface area contributed by atoms with Gasteiger partial charge in [-0.25, -0.2) is 0 Å². The van der Waals surface area contributed by atoms with Crippen molar-refractivity contribution < 1.29 is 4.74 Å². The maximum absolute atomic E-state index is 6.12. The summed E-state index contributed by atoms with van der Waals surface area (Å²) in [6.45, 7) is 5.01. The van der Waals surface area contributed by atoms with E-state index in [1.807, 2.05) is 31.2 Å². The molecule has 0 amide bonds. The number of rotatable bonds is 5. The number of para-hydroxylation sites is 1. The Balaban J connectivity index is 2.47. The quantitative estimate of drug-likeness (QED) is 0.883. The summed E-state index contributed by atoms with van der Waals surface area (Å²) < 4.78 is 5.48. The second kappa shape index (κ2) is 6.78. The molecule has 0 spiro atoms. The molecular formula is C17H20ClNO. The van der Waals surface area contributed by atoms with Crippen molar-refractivity contribution in [3.05, 3.63) is 64.2 Å². The number of aryl methyl sites for hydroxylation is 1. The molecule has 0 fully saturated rings. The van der Waals surface area contributed by atoms with Crippen LogP contribution in [-0.2, 0) is 0 Å². The first kappa shape index (κ1) is 14.9. The van der Waals surface area contributed by atoms with Crippen molar-refractivity contribution >= 4 is 11.6 Å². The molecule has 2 rings (SSSR count). The lowest BCUT2D eigenvalue weighted by Gasteiger charge is -2.21. The molecule has 1 unspecified atom stereocenters. The zero-order valence-corrected chi connectivity index (χ0v) is 12.9. The third kappa shape index (κ3) is 3.14. The molecule has 2 nitrogen and oxygen atoms in total. The smallest absolute Gasteiger partial charge is 0.123 e. The zero-order valence-electron chi connectivity index (χ0n) is 12.1. The summed E-state index contributed by atoms with van der Waals surface area (Å²) in [4.78, 5) is 0. The van der Waals surface area contributed by atoms with E-state index in [-0.39, 0.29) is 6.04 Å². The van der Waals surface area contributed by atoms with Crippen LogP contribution in [-0.4, -0.2) is 13.7 Å². The molecule has 0 saturated carbocycles. The Morgan fingerprint density at radius 1 is 1.20 bits per heavy atom. The van der Waals surface area contributed by atoms with Gasteiger partial charge in [0.15, 0.2) is 0 Å². The standard InChI is InChI=1S/C17H20ClNO/c1-4-19-17(13-9-10-15(18)12(2)11-13)14-7-5-6-8-16(14)20-3/h5-11,17,19H,4H2,1-3H3. The first-order chi connectivity index (χ1) is 9.67. The lowest BCUT2D eigenvalue weighted by Crippen LogP contribution is -2.22. The van der Waals surface area contributed by atoms with E-state index in [1.54, 1.807) is 7.11 Å². The normalized spacial score (nSPS) is 12.2. The first-order valence-corrected chi connectivity index (χ1v) is 7.17. The molecule has 0 radical (unpaired) electrons. The van der Waals surface area contributed by atoms with Crippen molar-refractivity contribution in [1.82, 2.24) is 5.32 Å². The van der Waals surface area contributed by atoms with Crippen LogP contribution >= 0.6 is 11.6 Å². The highest BCUT2D eigenvalue weighted by Crippen LogP contribution is 2.31. The maximum atomic E-state index is 6.12. The fourth-order valence-electron chi connectivity index (χ4n) is 2.36. The molecule has 1 atom stereocenters. The number of ether oxygens (including phenoxy) is 1. The molecule has 20 heavy (non-hydrogen) atoms. The van der Waals surface area contributed by atoms with Crippen LogP contribution in [0.25, 0.3) is 0 Å². The van der Waals surface area contributed by atoms with Gasteiger partial charge in [-0.15, -0.1) is 0 Å². The van der Waals surface area contributed by atoms with Crippen molar-refractivity contribution in [2.24, 2.45) is 0 Å². The van der Waals surface area contributed by atoms with Crippen LogP contribution in [0.15, 0.2) is 42.5 Å². The highest BCUT2D eigenvalue weighted by atomic mass is 35.5. The molecule has 0 aromatic heterocycles. The molecule has 0 heterocycles. The predicted octanol–water partition coefficient (Wildman–Crippen LogP) is 4.36. The fourth-order valence-corrected chi connectivity index (χ4v) is 2.48. The van der Waals surface area contributed by atoms with Gasteiger partial charge in [-0.3, -0.25) is 0 Å². The minimum Gasteiger partial charge on any atom is -0.496 e. The molecule has 0 aliphatic heterocycles. The Morgan fingerprint density at radius 3 is 2.60 bits per heavy atom. The van der Waals surface area contributed by atoms with Crippen LogP contribution in [0.3, 0.4) is 0 Å². The third-order valence-electron chi connectivity index (χ3n) is 3.37. The van der Waals surface area contributed by atoms with Crippen LogP contribution < -0.4 is 10.1 Å². The third-order valence-corrected chi connectivity index (χ3v) is 3.80. The van der Waals surface area contributed by atoms with E-state index in [4.69, 9.17) is 16.3 Å². The van der Waals surface area contributed by atoms with E-state index in [9.17, 15) is 0 Å². The molecule has 0 aliphatic carbocycles. The van der Waals surface area contributed by atoms with Gasteiger partial charge in [0.05, 0.1) is 13.2 Å². The molecule has 2 aromatic carbocycles. The van der Waals surface area contributed by atoms with Crippen molar-refractivity contribution in [3.63, 3.8) is 0 Å². The highest BCUT2D eigenvalue weighted by molar-refractivity contribution is 6.31. The van der Waals surface area contributed by atoms with Gasteiger partial charge in [0.2, 0.25) is 0 Å². The molecule has 0 saturated heterocycles. The lowest BCUT2D eigenvalue weighted by molar-refractivity contribution is 0.404. The van der Waals surface area contributed by atoms with Gasteiger partial charge in [-0.05, 0) is 36.7 Å². The van der Waals surface area contributed by atoms with Crippen molar-refractivity contribution in [2.75, 3.05) is 13.7 Å². The summed E-state index contributed by atoms with van der Waals surface area (Å²) in [5, 5.41) is 4.31. The zero-order chi connectivity index (χ0) is 14.5. The Labute approximate surface area is 125 Å². The Kier molecular flexibility index (Phi) is 5.05. The molecular weight excluding hydrogens is 270 g/mol. The Morgan fingerprint density at radius 2 is 1.95 bits per heavy atom. The van der Waals surface area contributed by atoms with Gasteiger partial charge in [0.25, 0.3) is 0 Å². The molecule has 106 valence electrons. The minimum absolute atomic E-state index is 0.104. The van der Waals surface area contributed by atoms with Gasteiger partial charge in [-0.2, -0.15) is 0 Å². The van der Waals surface area contributed by atoms with Gasteiger partial charge < -0.3 is 10.1 Å². The largest absolute Gasteiger partial charge is 0.496 e. The average Bonchev–Trinajstić information content (AvgIpc) is 2.48. The average molecular weight is 290 g/mol. The van der Waals surface area contributed by atoms with E-state index in [2.05, 4.69) is 30.4 Å². The maximum Gasteiger partial charge on any atom is 0.123 e. The molecule has 1 N–H and O–H groups in total. The summed E-state index contributed by atoms with van der Waals surface area (Å²) in [6.07, 6.45) is 0. The van der Waals surface area contributed by atoms with Crippen molar-refractivity contribution in [3.8, 4) is 5.75 Å². The molecule has 3 heteroatoms. The summed E-state index contributed by atoms with van der Waals surface area (Å²) in [7, 11) is 1.70. The molecule has 0 aliphatic rings. The SMILES string of the molecule is CCNC(c1ccc(Cl)c(C)c1)c1ccccc1OC. The van der Waals surface area contributed by atoms with Crippen LogP contribution in [0.4, 0.5) is 0 Å². The highest BCUT2D eigenvalue weighted by Gasteiger charge is 2.17. The monoisotopic (exact) mass is 289 g/mol. The summed E-state index contributed by atoms with van der Waals surface area (Å²) in [6, 6.07) is 14.3. The molecule has 2 aromatic rings. The summed E-state index contributed by atoms with van der Waals surface area (Å²) >= 11 is 6.12. The number of benzene rings is 2. The van der Waals surface area contributed by atoms with Crippen LogP contribution in [0, 0.1) is 6.92 Å². The lowest BCUT2D eigenvalue weighted by atomic mass is 9.96. The number of hydrogen-bond donors (Lipinski definition) is 1. The number of methoxy groups -OCH3 is 1. The molecule has 0 bridgehead atoms. The fraction of sp³-hybridized carbons (Fsp3) is 0.294. The Bertz CT molecular complexity index is 583. The second-order valence-corrected chi connectivity index (χ2v) is 5.15. The van der Waals surface area contributed by atoms with Gasteiger partial charge in [0, 0.05) is 10.6 Å². The van der Waals surface area contributed by atoms with E-state index >= 15 is 0 Å². The number of nitrogens with one attached hydrogen (secondary N) is 1. The van der Waals surface area contributed by atoms with E-state index < -0.39 is 0 Å². The first-order valence-electron chi connectivity index (χ1n) is 6.79. The van der Waals surface area contributed by atoms with Gasteiger partial charge in [-0.1, -0.05) is 48.9 Å². The summed E-state index contributed by atoms with van der Waals surface area (Å²) in [5.74, 6) is 0.894. The van der Waals surface area contributed by atoms with Gasteiger partial charge >= 0.3 is 0 Å². The van der Waals surface area contributed by atoms with E-state index in [0.717, 1.165) is 28.4 Å². The van der Waals surface area contributed by atoms with E-state index in [0.29, 0.717) is 0 Å². The van der Waals surface area contributed by atoms with E-state index in [1.165, 1.54) is 5.56 Å². The summed E-state index contributed by atoms with van der Waals surface area (Å²) in [5.41, 5.74) is 3.42. The van der Waals surface area contributed by atoms with Crippen LogP contribution in [0.5, 0.6) is 5.75 Å². The van der Waals surface area contributed by atoms with Gasteiger partial charge in [0.1, 0.15) is 5.75 Å². The van der Waals surface area contributed by atoms with Crippen LogP contribution in [0.1, 0.15) is 29.7 Å². The van der Waals surface area contributed by atoms with Crippen molar-refractivity contribution in [2.45, 2.75) is 19.9 Å². The Hall–Kier alpha value is -1.51. The predicted molar refractivity (Wildman–Crippen MR) is 84.7 cm³/mol. The number of halogens is 1.